The van der Waals surface area contributed by atoms with Crippen LogP contribution in [0.5, 0.6) is 0 Å². The van der Waals surface area contributed by atoms with Gasteiger partial charge in [0.25, 0.3) is 5.91 Å². The molecule has 0 saturated carbocycles. The van der Waals surface area contributed by atoms with Crippen molar-refractivity contribution in [1.82, 2.24) is 0 Å². The van der Waals surface area contributed by atoms with Crippen LogP contribution in [-0.4, -0.2) is 27.9 Å². The molecule has 1 heterocycles. The van der Waals surface area contributed by atoms with Crippen LogP contribution >= 0.6 is 11.6 Å². The number of carboxylic acid groups (broad SMARTS) is 1. The van der Waals surface area contributed by atoms with Crippen LogP contribution in [0, 0.1) is 0 Å². The Bertz CT molecular complexity index is 931. The average molecular weight is 372 g/mol. The minimum Gasteiger partial charge on any atom is -0.503 e. The number of amides is 1. The molecule has 1 amide bonds. The molecule has 2 aromatic carbocycles. The fraction of sp³-hybridized carbons (Fsp3) is 0.105. The number of benzene rings is 2. The van der Waals surface area contributed by atoms with Gasteiger partial charge < -0.3 is 10.2 Å². The Balaban J connectivity index is 2.13. The summed E-state index contributed by atoms with van der Waals surface area (Å²) in [6.07, 6.45) is 0. The van der Waals surface area contributed by atoms with Crippen LogP contribution in [0.2, 0.25) is 5.02 Å². The van der Waals surface area contributed by atoms with E-state index >= 15 is 0 Å². The maximum Gasteiger partial charge on any atom is 0.335 e. The van der Waals surface area contributed by atoms with E-state index in [9.17, 15) is 19.5 Å². The van der Waals surface area contributed by atoms with Crippen LogP contribution in [0.4, 0.5) is 5.69 Å². The van der Waals surface area contributed by atoms with Crippen LogP contribution in [0.15, 0.2) is 59.9 Å². The largest absolute Gasteiger partial charge is 0.503 e. The molecule has 0 saturated heterocycles. The number of hydrogen-bond acceptors (Lipinski definition) is 4. The first-order valence-electron chi connectivity index (χ1n) is 7.67. The highest BCUT2D eigenvalue weighted by molar-refractivity contribution is 6.30. The van der Waals surface area contributed by atoms with Crippen molar-refractivity contribution in [2.45, 2.75) is 13.0 Å². The Hall–Kier alpha value is -3.12. The first-order valence-corrected chi connectivity index (χ1v) is 8.05. The number of aromatic carboxylic acids is 1. The number of Topliss-reactive ketones (excluding diaryl/α,β-unsaturated/α-hetero) is 1. The van der Waals surface area contributed by atoms with Gasteiger partial charge in [0.05, 0.1) is 17.2 Å². The van der Waals surface area contributed by atoms with Crippen molar-refractivity contribution in [2.75, 3.05) is 4.90 Å². The fourth-order valence-electron chi connectivity index (χ4n) is 2.96. The topological polar surface area (TPSA) is 94.9 Å². The van der Waals surface area contributed by atoms with Crippen LogP contribution in [-0.2, 0) is 9.59 Å². The Morgan fingerprint density at radius 2 is 1.62 bits per heavy atom. The second kappa shape index (κ2) is 6.65. The van der Waals surface area contributed by atoms with Gasteiger partial charge in [-0.3, -0.25) is 14.5 Å². The highest BCUT2D eigenvalue weighted by Gasteiger charge is 2.43. The quantitative estimate of drug-likeness (QED) is 0.857. The SMILES string of the molecule is CC(=O)C1=C(O)C(=O)N(c2ccc(C(=O)O)cc2)C1c1ccc(Cl)cc1. The molecule has 2 N–H and O–H groups in total. The molecule has 0 aromatic heterocycles. The monoisotopic (exact) mass is 371 g/mol. The predicted molar refractivity (Wildman–Crippen MR) is 95.4 cm³/mol. The van der Waals surface area contributed by atoms with Gasteiger partial charge in [0.1, 0.15) is 0 Å². The summed E-state index contributed by atoms with van der Waals surface area (Å²) >= 11 is 5.91. The zero-order valence-corrected chi connectivity index (χ0v) is 14.4. The van der Waals surface area contributed by atoms with E-state index in [1.807, 2.05) is 0 Å². The lowest BCUT2D eigenvalue weighted by atomic mass is 9.96. The van der Waals surface area contributed by atoms with Crippen LogP contribution in [0.25, 0.3) is 0 Å². The first kappa shape index (κ1) is 17.7. The van der Waals surface area contributed by atoms with E-state index < -0.39 is 29.5 Å². The molecule has 26 heavy (non-hydrogen) atoms. The lowest BCUT2D eigenvalue weighted by Crippen LogP contribution is -2.30. The molecule has 6 nitrogen and oxygen atoms in total. The molecule has 0 bridgehead atoms. The lowest BCUT2D eigenvalue weighted by molar-refractivity contribution is -0.117. The van der Waals surface area contributed by atoms with Gasteiger partial charge >= 0.3 is 5.97 Å². The summed E-state index contributed by atoms with van der Waals surface area (Å²) < 4.78 is 0. The van der Waals surface area contributed by atoms with Gasteiger partial charge in [0, 0.05) is 10.7 Å². The normalized spacial score (nSPS) is 16.9. The summed E-state index contributed by atoms with van der Waals surface area (Å²) in [4.78, 5) is 37.0. The Morgan fingerprint density at radius 3 is 2.12 bits per heavy atom. The van der Waals surface area contributed by atoms with E-state index in [1.54, 1.807) is 24.3 Å². The molecule has 0 aliphatic carbocycles. The molecule has 1 unspecified atom stereocenters. The van der Waals surface area contributed by atoms with E-state index in [0.29, 0.717) is 16.3 Å². The number of carboxylic acids is 1. The van der Waals surface area contributed by atoms with Crippen LogP contribution in [0.3, 0.4) is 0 Å². The maximum atomic E-state index is 12.6. The molecule has 1 atom stereocenters. The van der Waals surface area contributed by atoms with E-state index in [-0.39, 0.29) is 11.1 Å². The van der Waals surface area contributed by atoms with Crippen molar-refractivity contribution in [3.63, 3.8) is 0 Å². The zero-order chi connectivity index (χ0) is 19.0. The van der Waals surface area contributed by atoms with E-state index in [1.165, 1.54) is 36.1 Å². The summed E-state index contributed by atoms with van der Waals surface area (Å²) in [5.74, 6) is -2.86. The van der Waals surface area contributed by atoms with E-state index in [0.717, 1.165) is 0 Å². The smallest absolute Gasteiger partial charge is 0.335 e. The van der Waals surface area contributed by atoms with Gasteiger partial charge in [0.15, 0.2) is 11.5 Å². The number of ketones is 1. The predicted octanol–water partition coefficient (Wildman–Crippen LogP) is 3.53. The number of rotatable bonds is 4. The number of carbonyl (C=O) groups excluding carboxylic acids is 2. The van der Waals surface area contributed by atoms with Gasteiger partial charge in [-0.15, -0.1) is 0 Å². The number of halogens is 1. The molecule has 0 radical (unpaired) electrons. The Kier molecular flexibility index (Phi) is 4.52. The molecule has 132 valence electrons. The van der Waals surface area contributed by atoms with Gasteiger partial charge in [-0.25, -0.2) is 4.79 Å². The van der Waals surface area contributed by atoms with Crippen LogP contribution < -0.4 is 4.90 Å². The minimum atomic E-state index is -1.09. The maximum absolute atomic E-state index is 12.6. The zero-order valence-electron chi connectivity index (χ0n) is 13.6. The summed E-state index contributed by atoms with van der Waals surface area (Å²) in [6, 6.07) is 11.4. The number of aliphatic hydroxyl groups is 1. The van der Waals surface area contributed by atoms with Crippen molar-refractivity contribution in [3.8, 4) is 0 Å². The van der Waals surface area contributed by atoms with Crippen molar-refractivity contribution < 1.29 is 24.6 Å². The molecule has 2 aromatic rings. The molecular formula is C19H14ClNO5. The summed E-state index contributed by atoms with van der Waals surface area (Å²) in [6.45, 7) is 1.28. The third-order valence-electron chi connectivity index (χ3n) is 4.17. The number of carbonyl (C=O) groups is 3. The molecule has 0 fully saturated rings. The van der Waals surface area contributed by atoms with Crippen molar-refractivity contribution in [2.24, 2.45) is 0 Å². The van der Waals surface area contributed by atoms with Gasteiger partial charge in [-0.05, 0) is 48.9 Å². The fourth-order valence-corrected chi connectivity index (χ4v) is 3.08. The van der Waals surface area contributed by atoms with Gasteiger partial charge in [-0.1, -0.05) is 23.7 Å². The first-order chi connectivity index (χ1) is 12.3. The highest BCUT2D eigenvalue weighted by Crippen LogP contribution is 2.41. The highest BCUT2D eigenvalue weighted by atomic mass is 35.5. The van der Waals surface area contributed by atoms with Gasteiger partial charge in [0.2, 0.25) is 0 Å². The molecule has 7 heteroatoms. The number of nitrogens with zero attached hydrogens (tertiary/aromatic N) is 1. The second-order valence-corrected chi connectivity index (χ2v) is 6.24. The van der Waals surface area contributed by atoms with Crippen molar-refractivity contribution in [1.29, 1.82) is 0 Å². The molecule has 3 rings (SSSR count). The van der Waals surface area contributed by atoms with Gasteiger partial charge in [-0.2, -0.15) is 0 Å². The lowest BCUT2D eigenvalue weighted by Gasteiger charge is -2.26. The number of aliphatic hydroxyl groups excluding tert-OH is 1. The molecule has 1 aliphatic rings. The number of anilines is 1. The standard InChI is InChI=1S/C19H14ClNO5/c1-10(22)15-16(11-2-6-13(20)7-3-11)21(18(24)17(15)23)14-8-4-12(5-9-14)19(25)26/h2-9,16,23H,1H3,(H,25,26). The average Bonchev–Trinajstić information content (AvgIpc) is 2.87. The molecule has 1 aliphatic heterocycles. The summed E-state index contributed by atoms with van der Waals surface area (Å²) in [5, 5.41) is 19.7. The van der Waals surface area contributed by atoms with Crippen molar-refractivity contribution >= 4 is 34.9 Å². The molecular weight excluding hydrogens is 358 g/mol. The Morgan fingerprint density at radius 1 is 1.04 bits per heavy atom. The minimum absolute atomic E-state index is 0.0142. The summed E-state index contributed by atoms with van der Waals surface area (Å²) in [5.41, 5.74) is 1.01. The third kappa shape index (κ3) is 2.95. The molecule has 0 spiro atoms. The van der Waals surface area contributed by atoms with Crippen molar-refractivity contribution in [3.05, 3.63) is 76.0 Å². The second-order valence-electron chi connectivity index (χ2n) is 5.80. The summed E-state index contributed by atoms with van der Waals surface area (Å²) in [7, 11) is 0. The number of hydrogen-bond donors (Lipinski definition) is 2. The van der Waals surface area contributed by atoms with Crippen LogP contribution in [0.1, 0.15) is 28.9 Å². The Labute approximate surface area is 153 Å². The third-order valence-corrected chi connectivity index (χ3v) is 4.42. The van der Waals surface area contributed by atoms with E-state index in [2.05, 4.69) is 0 Å². The van der Waals surface area contributed by atoms with E-state index in [4.69, 9.17) is 16.7 Å².